The summed E-state index contributed by atoms with van der Waals surface area (Å²) >= 11 is 0. The molecule has 0 amide bonds. The Morgan fingerprint density at radius 1 is 0.692 bits per heavy atom. The number of hydrogen-bond acceptors (Lipinski definition) is 2. The van der Waals surface area contributed by atoms with Gasteiger partial charge in [0, 0.05) is 17.5 Å². The summed E-state index contributed by atoms with van der Waals surface area (Å²) in [6, 6.07) is 26.2. The van der Waals surface area contributed by atoms with Gasteiger partial charge in [-0.2, -0.15) is 0 Å². The lowest BCUT2D eigenvalue weighted by molar-refractivity contribution is 0.0998. The Morgan fingerprint density at radius 2 is 1.23 bits per heavy atom. The van der Waals surface area contributed by atoms with Gasteiger partial charge in [-0.3, -0.25) is 9.59 Å². The molecule has 0 spiro atoms. The van der Waals surface area contributed by atoms with E-state index >= 15 is 0 Å². The number of carbonyl (C=O) groups is 2. The Balaban J connectivity index is 1.94. The summed E-state index contributed by atoms with van der Waals surface area (Å²) < 4.78 is 0. The molecule has 3 aromatic rings. The molecular weight excluding hydrogens is 320 g/mol. The number of carbonyl (C=O) groups excluding carboxylic acids is 2. The van der Waals surface area contributed by atoms with Crippen LogP contribution >= 0.6 is 0 Å². The third kappa shape index (κ3) is 4.42. The fourth-order valence-corrected chi connectivity index (χ4v) is 2.75. The second-order valence-corrected chi connectivity index (χ2v) is 6.23. The van der Waals surface area contributed by atoms with E-state index in [9.17, 15) is 9.59 Å². The van der Waals surface area contributed by atoms with E-state index in [0.717, 1.165) is 16.7 Å². The first-order chi connectivity index (χ1) is 12.6. The molecule has 0 atom stereocenters. The second kappa shape index (κ2) is 8.21. The largest absolute Gasteiger partial charge is 0.294 e. The predicted octanol–water partition coefficient (Wildman–Crippen LogP) is 5.53. The van der Waals surface area contributed by atoms with Gasteiger partial charge >= 0.3 is 0 Å². The smallest absolute Gasteiger partial charge is 0.186 e. The lowest BCUT2D eigenvalue weighted by Gasteiger charge is -2.09. The van der Waals surface area contributed by atoms with Crippen LogP contribution in [0.15, 0.2) is 91.0 Å². The average Bonchev–Trinajstić information content (AvgIpc) is 2.69. The van der Waals surface area contributed by atoms with Crippen LogP contribution in [0.4, 0.5) is 0 Å². The minimum atomic E-state index is -0.0953. The molecule has 0 aliphatic heterocycles. The molecule has 2 heteroatoms. The molecule has 3 aromatic carbocycles. The number of rotatable bonds is 6. The van der Waals surface area contributed by atoms with Crippen LogP contribution in [0.2, 0.25) is 0 Å². The van der Waals surface area contributed by atoms with Gasteiger partial charge in [0.05, 0.1) is 0 Å². The number of allylic oxidation sites excluding steroid dienone is 2. The fraction of sp³-hybridized carbons (Fsp3) is 0.0833. The Labute approximate surface area is 153 Å². The Kier molecular flexibility index (Phi) is 5.55. The lowest BCUT2D eigenvalue weighted by Crippen LogP contribution is -2.03. The van der Waals surface area contributed by atoms with Crippen molar-refractivity contribution in [1.82, 2.24) is 0 Å². The van der Waals surface area contributed by atoms with Crippen LogP contribution in [0.25, 0.3) is 5.57 Å². The third-order valence-electron chi connectivity index (χ3n) is 4.23. The summed E-state index contributed by atoms with van der Waals surface area (Å²) in [6.45, 7) is 2.01. The summed E-state index contributed by atoms with van der Waals surface area (Å²) in [6.07, 6.45) is 1.77. The van der Waals surface area contributed by atoms with Crippen LogP contribution in [0.3, 0.4) is 0 Å². The van der Waals surface area contributed by atoms with Gasteiger partial charge in [0.15, 0.2) is 11.6 Å². The zero-order chi connectivity index (χ0) is 18.4. The molecule has 128 valence electrons. The van der Waals surface area contributed by atoms with E-state index in [2.05, 4.69) is 0 Å². The molecule has 0 saturated carbocycles. The summed E-state index contributed by atoms with van der Waals surface area (Å²) in [4.78, 5) is 25.3. The highest BCUT2D eigenvalue weighted by molar-refractivity contribution is 6.11. The molecular formula is C24H20O2. The van der Waals surface area contributed by atoms with E-state index in [-0.39, 0.29) is 18.0 Å². The maximum Gasteiger partial charge on any atom is 0.186 e. The molecule has 0 saturated heterocycles. The molecule has 3 rings (SSSR count). The molecule has 0 aliphatic rings. The SMILES string of the molecule is Cc1ccc(/C(=C/C(=O)c2ccccc2)CC(=O)c2ccccc2)cc1. The third-order valence-corrected chi connectivity index (χ3v) is 4.23. The Hall–Kier alpha value is -3.26. The quantitative estimate of drug-likeness (QED) is 0.436. The first-order valence-electron chi connectivity index (χ1n) is 8.59. The number of benzene rings is 3. The van der Waals surface area contributed by atoms with Crippen molar-refractivity contribution in [2.45, 2.75) is 13.3 Å². The average molecular weight is 340 g/mol. The maximum atomic E-state index is 12.7. The van der Waals surface area contributed by atoms with Crippen molar-refractivity contribution in [1.29, 1.82) is 0 Å². The van der Waals surface area contributed by atoms with Gasteiger partial charge in [0.2, 0.25) is 0 Å². The van der Waals surface area contributed by atoms with Crippen LogP contribution in [-0.4, -0.2) is 11.6 Å². The number of aryl methyl sites for hydroxylation is 1. The van der Waals surface area contributed by atoms with Crippen molar-refractivity contribution in [3.8, 4) is 0 Å². The molecule has 2 nitrogen and oxygen atoms in total. The van der Waals surface area contributed by atoms with E-state index in [1.807, 2.05) is 67.6 Å². The topological polar surface area (TPSA) is 34.1 Å². The molecule has 0 aliphatic carbocycles. The van der Waals surface area contributed by atoms with Crippen LogP contribution in [0.1, 0.15) is 38.3 Å². The maximum absolute atomic E-state index is 12.7. The first kappa shape index (κ1) is 17.6. The highest BCUT2D eigenvalue weighted by Gasteiger charge is 2.13. The number of hydrogen-bond donors (Lipinski definition) is 0. The van der Waals surface area contributed by atoms with Gasteiger partial charge in [0.1, 0.15) is 0 Å². The van der Waals surface area contributed by atoms with Crippen LogP contribution < -0.4 is 0 Å². The van der Waals surface area contributed by atoms with Crippen molar-refractivity contribution < 1.29 is 9.59 Å². The fourth-order valence-electron chi connectivity index (χ4n) is 2.75. The molecule has 0 fully saturated rings. The van der Waals surface area contributed by atoms with E-state index in [1.54, 1.807) is 30.3 Å². The van der Waals surface area contributed by atoms with Crippen molar-refractivity contribution in [3.63, 3.8) is 0 Å². The Bertz CT molecular complexity index is 921. The van der Waals surface area contributed by atoms with Crippen molar-refractivity contribution in [3.05, 3.63) is 113 Å². The van der Waals surface area contributed by atoms with E-state index in [1.165, 1.54) is 0 Å². The van der Waals surface area contributed by atoms with E-state index in [0.29, 0.717) is 11.1 Å². The van der Waals surface area contributed by atoms with E-state index < -0.39 is 0 Å². The van der Waals surface area contributed by atoms with Crippen LogP contribution in [0.5, 0.6) is 0 Å². The van der Waals surface area contributed by atoms with Gasteiger partial charge in [-0.05, 0) is 24.1 Å². The van der Waals surface area contributed by atoms with Crippen molar-refractivity contribution in [2.75, 3.05) is 0 Å². The van der Waals surface area contributed by atoms with Crippen molar-refractivity contribution >= 4 is 17.1 Å². The zero-order valence-electron chi connectivity index (χ0n) is 14.7. The summed E-state index contributed by atoms with van der Waals surface area (Å²) in [7, 11) is 0. The molecule has 0 heterocycles. The number of Topliss-reactive ketones (excluding diaryl/α,β-unsaturated/α-hetero) is 1. The second-order valence-electron chi connectivity index (χ2n) is 6.23. The van der Waals surface area contributed by atoms with Gasteiger partial charge in [0.25, 0.3) is 0 Å². The first-order valence-corrected chi connectivity index (χ1v) is 8.59. The molecule has 0 bridgehead atoms. The zero-order valence-corrected chi connectivity index (χ0v) is 14.7. The monoisotopic (exact) mass is 340 g/mol. The highest BCUT2D eigenvalue weighted by atomic mass is 16.1. The lowest BCUT2D eigenvalue weighted by atomic mass is 9.94. The van der Waals surface area contributed by atoms with E-state index in [4.69, 9.17) is 0 Å². The summed E-state index contributed by atoms with van der Waals surface area (Å²) in [5.41, 5.74) is 4.02. The van der Waals surface area contributed by atoms with Crippen LogP contribution in [-0.2, 0) is 0 Å². The summed E-state index contributed by atoms with van der Waals surface area (Å²) in [5, 5.41) is 0. The van der Waals surface area contributed by atoms with Gasteiger partial charge in [-0.25, -0.2) is 0 Å². The highest BCUT2D eigenvalue weighted by Crippen LogP contribution is 2.22. The molecule has 0 N–H and O–H groups in total. The minimum Gasteiger partial charge on any atom is -0.294 e. The molecule has 26 heavy (non-hydrogen) atoms. The Morgan fingerprint density at radius 3 is 1.81 bits per heavy atom. The van der Waals surface area contributed by atoms with Gasteiger partial charge in [-0.15, -0.1) is 0 Å². The van der Waals surface area contributed by atoms with Crippen LogP contribution in [0, 0.1) is 6.92 Å². The predicted molar refractivity (Wildman–Crippen MR) is 105 cm³/mol. The summed E-state index contributed by atoms with van der Waals surface area (Å²) in [5.74, 6) is -0.0969. The normalized spacial score (nSPS) is 11.2. The molecule has 0 radical (unpaired) electrons. The molecule has 0 unspecified atom stereocenters. The minimum absolute atomic E-state index is 0.00159. The molecule has 0 aromatic heterocycles. The van der Waals surface area contributed by atoms with Gasteiger partial charge in [-0.1, -0.05) is 90.5 Å². The van der Waals surface area contributed by atoms with Crippen molar-refractivity contribution in [2.24, 2.45) is 0 Å². The number of ketones is 2. The van der Waals surface area contributed by atoms with Gasteiger partial charge < -0.3 is 0 Å². The standard InChI is InChI=1S/C24H20O2/c1-18-12-14-19(15-13-18)22(16-23(25)20-8-4-2-5-9-20)17-24(26)21-10-6-3-7-11-21/h2-16H,17H2,1H3/b22-16+.